The molecule has 7 heteroatoms. The average molecular weight is 256 g/mol. The molecule has 0 aliphatic carbocycles. The fourth-order valence-electron chi connectivity index (χ4n) is 1.16. The van der Waals surface area contributed by atoms with E-state index in [0.29, 0.717) is 11.7 Å². The van der Waals surface area contributed by atoms with Crippen LogP contribution < -0.4 is 11.1 Å². The molecule has 102 valence electrons. The molecule has 0 unspecified atom stereocenters. The summed E-state index contributed by atoms with van der Waals surface area (Å²) in [6.07, 6.45) is -0.526. The molecule has 0 fully saturated rings. The normalized spacial score (nSPS) is 15.0. The van der Waals surface area contributed by atoms with Gasteiger partial charge >= 0.3 is 6.09 Å². The Balaban J connectivity index is 2.59. The van der Waals surface area contributed by atoms with Gasteiger partial charge in [0.2, 0.25) is 5.89 Å². The lowest BCUT2D eigenvalue weighted by Gasteiger charge is -2.20. The second-order valence-electron chi connectivity index (χ2n) is 5.15. The maximum Gasteiger partial charge on any atom is 0.408 e. The first-order chi connectivity index (χ1) is 8.19. The van der Waals surface area contributed by atoms with Gasteiger partial charge in [-0.25, -0.2) is 4.79 Å². The van der Waals surface area contributed by atoms with E-state index in [1.807, 2.05) is 0 Å². The molecular formula is C11H20N4O3. The van der Waals surface area contributed by atoms with E-state index >= 15 is 0 Å². The Morgan fingerprint density at radius 2 is 2.06 bits per heavy atom. The molecule has 1 aromatic rings. The summed E-state index contributed by atoms with van der Waals surface area (Å²) >= 11 is 0. The minimum Gasteiger partial charge on any atom is -0.444 e. The van der Waals surface area contributed by atoms with Crippen molar-refractivity contribution in [1.29, 1.82) is 0 Å². The molecular weight excluding hydrogens is 236 g/mol. The van der Waals surface area contributed by atoms with E-state index < -0.39 is 17.7 Å². The minimum absolute atomic E-state index is 0.333. The third kappa shape index (κ3) is 4.33. The van der Waals surface area contributed by atoms with Crippen molar-refractivity contribution >= 4 is 6.09 Å². The van der Waals surface area contributed by atoms with Crippen LogP contribution in [0.4, 0.5) is 4.79 Å². The molecule has 0 saturated heterocycles. The minimum atomic E-state index is -0.544. The molecule has 1 rings (SSSR count). The Kier molecular flexibility index (Phi) is 4.28. The molecule has 2 atom stereocenters. The van der Waals surface area contributed by atoms with Crippen LogP contribution in [0.5, 0.6) is 0 Å². The maximum atomic E-state index is 11.5. The molecule has 18 heavy (non-hydrogen) atoms. The first kappa shape index (κ1) is 14.4. The van der Waals surface area contributed by atoms with Crippen LogP contribution in [-0.4, -0.2) is 21.8 Å². The summed E-state index contributed by atoms with van der Waals surface area (Å²) in [6.45, 7) is 8.85. The van der Waals surface area contributed by atoms with E-state index in [9.17, 15) is 4.79 Å². The zero-order valence-corrected chi connectivity index (χ0v) is 11.4. The Labute approximate surface area is 106 Å². The molecule has 7 nitrogen and oxygen atoms in total. The quantitative estimate of drug-likeness (QED) is 0.852. The number of nitrogens with one attached hydrogen (secondary N) is 1. The van der Waals surface area contributed by atoms with E-state index in [4.69, 9.17) is 15.0 Å². The fourth-order valence-corrected chi connectivity index (χ4v) is 1.16. The molecule has 0 aliphatic rings. The number of amides is 1. The Hall–Kier alpha value is -1.63. The van der Waals surface area contributed by atoms with Crippen molar-refractivity contribution in [3.8, 4) is 0 Å². The van der Waals surface area contributed by atoms with Crippen LogP contribution in [-0.2, 0) is 4.74 Å². The van der Waals surface area contributed by atoms with Crippen LogP contribution >= 0.6 is 0 Å². The molecule has 3 N–H and O–H groups in total. The van der Waals surface area contributed by atoms with Crippen LogP contribution in [0.1, 0.15) is 58.4 Å². The number of alkyl carbamates (subject to hydrolysis) is 1. The smallest absolute Gasteiger partial charge is 0.408 e. The summed E-state index contributed by atoms with van der Waals surface area (Å²) in [7, 11) is 0. The molecule has 1 amide bonds. The number of hydrogen-bond acceptors (Lipinski definition) is 6. The van der Waals surface area contributed by atoms with Gasteiger partial charge in [0.15, 0.2) is 5.82 Å². The second-order valence-corrected chi connectivity index (χ2v) is 5.15. The van der Waals surface area contributed by atoms with Gasteiger partial charge in [-0.05, 0) is 34.6 Å². The number of aromatic nitrogens is 2. The number of nitrogens with zero attached hydrogens (tertiary/aromatic N) is 2. The Morgan fingerprint density at radius 1 is 1.44 bits per heavy atom. The second kappa shape index (κ2) is 5.34. The lowest BCUT2D eigenvalue weighted by Crippen LogP contribution is -2.34. The molecule has 1 aromatic heterocycles. The highest BCUT2D eigenvalue weighted by Gasteiger charge is 2.21. The highest BCUT2D eigenvalue weighted by Crippen LogP contribution is 2.13. The summed E-state index contributed by atoms with van der Waals surface area (Å²) in [6, 6.07) is -0.740. The van der Waals surface area contributed by atoms with Crippen LogP contribution in [0.3, 0.4) is 0 Å². The summed E-state index contributed by atoms with van der Waals surface area (Å²) in [5, 5.41) is 6.37. The van der Waals surface area contributed by atoms with E-state index in [1.165, 1.54) is 0 Å². The topological polar surface area (TPSA) is 103 Å². The standard InChI is InChI=1S/C11H20N4O3/c1-6(12)9-14-8(15-18-9)7(2)13-10(16)17-11(3,4)5/h6-7H,12H2,1-5H3,(H,13,16)/t6-,7-/m0/s1. The van der Waals surface area contributed by atoms with Crippen molar-refractivity contribution < 1.29 is 14.1 Å². The Morgan fingerprint density at radius 3 is 2.50 bits per heavy atom. The highest BCUT2D eigenvalue weighted by molar-refractivity contribution is 5.68. The summed E-state index contributed by atoms with van der Waals surface area (Å²) in [5.41, 5.74) is 5.06. The monoisotopic (exact) mass is 256 g/mol. The van der Waals surface area contributed by atoms with Gasteiger partial charge in [-0.3, -0.25) is 0 Å². The predicted molar refractivity (Wildman–Crippen MR) is 64.7 cm³/mol. The summed E-state index contributed by atoms with van der Waals surface area (Å²) < 4.78 is 10.1. The van der Waals surface area contributed by atoms with Crippen molar-refractivity contribution in [3.05, 3.63) is 11.7 Å². The van der Waals surface area contributed by atoms with Gasteiger partial charge in [0, 0.05) is 0 Å². The lowest BCUT2D eigenvalue weighted by atomic mass is 10.2. The number of hydrogen-bond donors (Lipinski definition) is 2. The number of rotatable bonds is 3. The van der Waals surface area contributed by atoms with Gasteiger partial charge in [-0.15, -0.1) is 0 Å². The number of carbonyl (C=O) groups excluding carboxylic acids is 1. The predicted octanol–water partition coefficient (Wildman–Crippen LogP) is 1.68. The first-order valence-corrected chi connectivity index (χ1v) is 5.77. The maximum absolute atomic E-state index is 11.5. The zero-order valence-electron chi connectivity index (χ0n) is 11.4. The van der Waals surface area contributed by atoms with E-state index in [1.54, 1.807) is 34.6 Å². The molecule has 0 bridgehead atoms. The summed E-state index contributed by atoms with van der Waals surface area (Å²) in [5.74, 6) is 0.705. The van der Waals surface area contributed by atoms with E-state index in [-0.39, 0.29) is 6.04 Å². The largest absolute Gasteiger partial charge is 0.444 e. The van der Waals surface area contributed by atoms with Crippen molar-refractivity contribution in [2.75, 3.05) is 0 Å². The van der Waals surface area contributed by atoms with Crippen LogP contribution in [0.15, 0.2) is 4.52 Å². The SMILES string of the molecule is C[C@H](N)c1nc([C@H](C)NC(=O)OC(C)(C)C)no1. The van der Waals surface area contributed by atoms with E-state index in [2.05, 4.69) is 15.5 Å². The number of carbonyl (C=O) groups is 1. The van der Waals surface area contributed by atoms with Crippen molar-refractivity contribution in [3.63, 3.8) is 0 Å². The van der Waals surface area contributed by atoms with Crippen LogP contribution in [0.25, 0.3) is 0 Å². The average Bonchev–Trinajstić information content (AvgIpc) is 2.62. The number of ether oxygens (including phenoxy) is 1. The molecule has 0 aromatic carbocycles. The van der Waals surface area contributed by atoms with Crippen LogP contribution in [0.2, 0.25) is 0 Å². The van der Waals surface area contributed by atoms with Gasteiger partial charge < -0.3 is 20.3 Å². The van der Waals surface area contributed by atoms with Gasteiger partial charge in [-0.2, -0.15) is 4.98 Å². The number of nitrogens with two attached hydrogens (primary N) is 1. The summed E-state index contributed by atoms with van der Waals surface area (Å²) in [4.78, 5) is 15.6. The molecule has 0 aliphatic heterocycles. The third-order valence-electron chi connectivity index (χ3n) is 1.97. The third-order valence-corrected chi connectivity index (χ3v) is 1.97. The van der Waals surface area contributed by atoms with E-state index in [0.717, 1.165) is 0 Å². The van der Waals surface area contributed by atoms with Gasteiger partial charge in [0.1, 0.15) is 5.60 Å². The van der Waals surface area contributed by atoms with Gasteiger partial charge in [-0.1, -0.05) is 5.16 Å². The van der Waals surface area contributed by atoms with Crippen molar-refractivity contribution in [1.82, 2.24) is 15.5 Å². The van der Waals surface area contributed by atoms with Gasteiger partial charge in [0.25, 0.3) is 0 Å². The van der Waals surface area contributed by atoms with Gasteiger partial charge in [0.05, 0.1) is 12.1 Å². The molecule has 0 spiro atoms. The molecule has 1 heterocycles. The van der Waals surface area contributed by atoms with Crippen LogP contribution in [0, 0.1) is 0 Å². The highest BCUT2D eigenvalue weighted by atomic mass is 16.6. The molecule has 0 saturated carbocycles. The zero-order chi connectivity index (χ0) is 13.9. The lowest BCUT2D eigenvalue weighted by molar-refractivity contribution is 0.0505. The first-order valence-electron chi connectivity index (χ1n) is 5.77. The van der Waals surface area contributed by atoms with Crippen molar-refractivity contribution in [2.45, 2.75) is 52.3 Å². The fraction of sp³-hybridized carbons (Fsp3) is 0.727. The van der Waals surface area contributed by atoms with Crippen molar-refractivity contribution in [2.24, 2.45) is 5.73 Å². The molecule has 0 radical (unpaired) electrons. The Bertz CT molecular complexity index is 409.